The van der Waals surface area contributed by atoms with Crippen LogP contribution in [0.15, 0.2) is 57.9 Å². The smallest absolute Gasteiger partial charge is 0.270 e. The lowest BCUT2D eigenvalue weighted by Gasteiger charge is -2.24. The summed E-state index contributed by atoms with van der Waals surface area (Å²) in [5.74, 6) is 0.893. The van der Waals surface area contributed by atoms with Gasteiger partial charge in [-0.15, -0.1) is 0 Å². The van der Waals surface area contributed by atoms with Crippen LogP contribution in [0.5, 0.6) is 11.5 Å². The first kappa shape index (κ1) is 24.1. The van der Waals surface area contributed by atoms with Crippen molar-refractivity contribution in [1.82, 2.24) is 10.5 Å². The molecule has 1 N–H and O–H groups in total. The lowest BCUT2D eigenvalue weighted by Crippen LogP contribution is -2.41. The molecule has 9 nitrogen and oxygen atoms in total. The van der Waals surface area contributed by atoms with Gasteiger partial charge < -0.3 is 19.3 Å². The second-order valence-corrected chi connectivity index (χ2v) is 8.98. The standard InChI is InChI=1S/C23H27N3O6S/c1-5-31-20-12-10-19(11-13-20)26(33(28,29)23-16(2)25-32-17(23)3)15-22(27)24-14-18-8-6-7-9-21(18)30-4/h6-13H,5,14-15H2,1-4H3,(H,24,27). The number of amides is 1. The summed E-state index contributed by atoms with van der Waals surface area (Å²) in [5.41, 5.74) is 1.30. The summed E-state index contributed by atoms with van der Waals surface area (Å²) in [7, 11) is -2.59. The molecule has 3 rings (SSSR count). The van der Waals surface area contributed by atoms with E-state index in [9.17, 15) is 13.2 Å². The molecule has 0 saturated carbocycles. The Labute approximate surface area is 193 Å². The van der Waals surface area contributed by atoms with Gasteiger partial charge in [0.1, 0.15) is 23.7 Å². The van der Waals surface area contributed by atoms with E-state index in [1.165, 1.54) is 6.92 Å². The van der Waals surface area contributed by atoms with Crippen molar-refractivity contribution in [3.63, 3.8) is 0 Å². The predicted octanol–water partition coefficient (Wildman–Crippen LogP) is 3.21. The molecule has 0 atom stereocenters. The first-order valence-electron chi connectivity index (χ1n) is 10.3. The minimum Gasteiger partial charge on any atom is -0.496 e. The summed E-state index contributed by atoms with van der Waals surface area (Å²) >= 11 is 0. The van der Waals surface area contributed by atoms with Crippen molar-refractivity contribution < 1.29 is 27.2 Å². The fourth-order valence-corrected chi connectivity index (χ4v) is 5.09. The number of nitrogens with zero attached hydrogens (tertiary/aromatic N) is 2. The van der Waals surface area contributed by atoms with Crippen LogP contribution in [0.3, 0.4) is 0 Å². The summed E-state index contributed by atoms with van der Waals surface area (Å²) in [4.78, 5) is 12.8. The molecule has 0 saturated heterocycles. The number of benzene rings is 2. The molecule has 0 spiro atoms. The van der Waals surface area contributed by atoms with Crippen molar-refractivity contribution >= 4 is 21.6 Å². The molecule has 0 unspecified atom stereocenters. The van der Waals surface area contributed by atoms with Crippen LogP contribution in [0.1, 0.15) is 23.9 Å². The molecule has 0 fully saturated rings. The van der Waals surface area contributed by atoms with Gasteiger partial charge in [-0.2, -0.15) is 0 Å². The van der Waals surface area contributed by atoms with E-state index in [0.29, 0.717) is 23.8 Å². The largest absolute Gasteiger partial charge is 0.496 e. The molecular weight excluding hydrogens is 446 g/mol. The Bertz CT molecular complexity index is 1190. The van der Waals surface area contributed by atoms with E-state index >= 15 is 0 Å². The molecular formula is C23H27N3O6S. The van der Waals surface area contributed by atoms with Crippen LogP contribution in [0.2, 0.25) is 0 Å². The number of ether oxygens (including phenoxy) is 2. The third-order valence-corrected chi connectivity index (χ3v) is 6.93. The van der Waals surface area contributed by atoms with Gasteiger partial charge in [0, 0.05) is 12.1 Å². The third kappa shape index (κ3) is 5.46. The van der Waals surface area contributed by atoms with Gasteiger partial charge in [-0.1, -0.05) is 23.4 Å². The molecule has 33 heavy (non-hydrogen) atoms. The number of methoxy groups -OCH3 is 1. The quantitative estimate of drug-likeness (QED) is 0.481. The number of anilines is 1. The number of nitrogens with one attached hydrogen (secondary N) is 1. The minimum absolute atomic E-state index is 0.0612. The highest BCUT2D eigenvalue weighted by atomic mass is 32.2. The first-order valence-corrected chi connectivity index (χ1v) is 11.8. The number of aromatic nitrogens is 1. The molecule has 0 aliphatic rings. The van der Waals surface area contributed by atoms with Crippen molar-refractivity contribution in [3.05, 3.63) is 65.5 Å². The SMILES string of the molecule is CCOc1ccc(N(CC(=O)NCc2ccccc2OC)S(=O)(=O)c2c(C)noc2C)cc1. The van der Waals surface area contributed by atoms with Gasteiger partial charge in [-0.3, -0.25) is 9.10 Å². The van der Waals surface area contributed by atoms with E-state index in [4.69, 9.17) is 14.0 Å². The molecule has 176 valence electrons. The highest BCUT2D eigenvalue weighted by Crippen LogP contribution is 2.29. The number of para-hydroxylation sites is 1. The Balaban J connectivity index is 1.89. The first-order chi connectivity index (χ1) is 15.8. The number of hydrogen-bond acceptors (Lipinski definition) is 7. The Kier molecular flexibility index (Phi) is 7.59. The molecule has 0 bridgehead atoms. The summed E-state index contributed by atoms with van der Waals surface area (Å²) in [6.07, 6.45) is 0. The summed E-state index contributed by atoms with van der Waals surface area (Å²) < 4.78 is 43.9. The van der Waals surface area contributed by atoms with Crippen LogP contribution in [0.25, 0.3) is 0 Å². The number of rotatable bonds is 10. The van der Waals surface area contributed by atoms with Crippen LogP contribution >= 0.6 is 0 Å². The van der Waals surface area contributed by atoms with Gasteiger partial charge in [0.15, 0.2) is 10.7 Å². The lowest BCUT2D eigenvalue weighted by atomic mass is 10.2. The van der Waals surface area contributed by atoms with Gasteiger partial charge >= 0.3 is 0 Å². The average molecular weight is 474 g/mol. The highest BCUT2D eigenvalue weighted by molar-refractivity contribution is 7.93. The second-order valence-electron chi connectivity index (χ2n) is 7.18. The Morgan fingerprint density at radius 3 is 2.42 bits per heavy atom. The molecule has 0 radical (unpaired) electrons. The number of aryl methyl sites for hydroxylation is 2. The van der Waals surface area contributed by atoms with Crippen molar-refractivity contribution in [2.45, 2.75) is 32.2 Å². The number of hydrogen-bond donors (Lipinski definition) is 1. The molecule has 1 heterocycles. The number of sulfonamides is 1. The van der Waals surface area contributed by atoms with E-state index in [-0.39, 0.29) is 22.9 Å². The van der Waals surface area contributed by atoms with Crippen molar-refractivity contribution in [3.8, 4) is 11.5 Å². The van der Waals surface area contributed by atoms with Crippen LogP contribution < -0.4 is 19.1 Å². The monoisotopic (exact) mass is 473 g/mol. The fourth-order valence-electron chi connectivity index (χ4n) is 3.37. The summed E-state index contributed by atoms with van der Waals surface area (Å²) in [6.45, 7) is 5.15. The Morgan fingerprint density at radius 2 is 1.82 bits per heavy atom. The zero-order chi connectivity index (χ0) is 24.0. The maximum Gasteiger partial charge on any atom is 0.270 e. The topological polar surface area (TPSA) is 111 Å². The van der Waals surface area contributed by atoms with Crippen LogP contribution in [0.4, 0.5) is 5.69 Å². The van der Waals surface area contributed by atoms with Crippen LogP contribution in [-0.2, 0) is 21.4 Å². The van der Waals surface area contributed by atoms with E-state index in [1.54, 1.807) is 44.4 Å². The maximum absolute atomic E-state index is 13.6. The lowest BCUT2D eigenvalue weighted by molar-refractivity contribution is -0.119. The van der Waals surface area contributed by atoms with Crippen molar-refractivity contribution in [2.24, 2.45) is 0 Å². The van der Waals surface area contributed by atoms with E-state index < -0.39 is 22.5 Å². The predicted molar refractivity (Wildman–Crippen MR) is 123 cm³/mol. The zero-order valence-corrected chi connectivity index (χ0v) is 19.8. The normalized spacial score (nSPS) is 11.2. The molecule has 1 amide bonds. The van der Waals surface area contributed by atoms with Crippen LogP contribution in [-0.4, -0.2) is 39.7 Å². The van der Waals surface area contributed by atoms with Gasteiger partial charge in [0.05, 0.1) is 19.4 Å². The molecule has 0 aliphatic carbocycles. The maximum atomic E-state index is 13.6. The minimum atomic E-state index is -4.14. The summed E-state index contributed by atoms with van der Waals surface area (Å²) in [5, 5.41) is 6.52. The second kappa shape index (κ2) is 10.4. The van der Waals surface area contributed by atoms with Crippen molar-refractivity contribution in [1.29, 1.82) is 0 Å². The highest BCUT2D eigenvalue weighted by Gasteiger charge is 2.32. The van der Waals surface area contributed by atoms with E-state index in [1.807, 2.05) is 25.1 Å². The molecule has 10 heteroatoms. The molecule has 3 aromatic rings. The third-order valence-electron chi connectivity index (χ3n) is 4.91. The number of carbonyl (C=O) groups is 1. The zero-order valence-electron chi connectivity index (χ0n) is 19.0. The fraction of sp³-hybridized carbons (Fsp3) is 0.304. The molecule has 1 aromatic heterocycles. The van der Waals surface area contributed by atoms with Gasteiger partial charge in [-0.25, -0.2) is 8.42 Å². The van der Waals surface area contributed by atoms with Crippen LogP contribution in [0, 0.1) is 13.8 Å². The van der Waals surface area contributed by atoms with Gasteiger partial charge in [0.25, 0.3) is 10.0 Å². The Hall–Kier alpha value is -3.53. The van der Waals surface area contributed by atoms with Gasteiger partial charge in [0.2, 0.25) is 5.91 Å². The molecule has 2 aromatic carbocycles. The number of carbonyl (C=O) groups excluding carboxylic acids is 1. The molecule has 0 aliphatic heterocycles. The Morgan fingerprint density at radius 1 is 1.12 bits per heavy atom. The summed E-state index contributed by atoms with van der Waals surface area (Å²) in [6, 6.07) is 13.8. The average Bonchev–Trinajstić information content (AvgIpc) is 3.15. The van der Waals surface area contributed by atoms with E-state index in [0.717, 1.165) is 9.87 Å². The van der Waals surface area contributed by atoms with Gasteiger partial charge in [-0.05, 0) is 51.1 Å². The van der Waals surface area contributed by atoms with E-state index in [2.05, 4.69) is 10.5 Å². The van der Waals surface area contributed by atoms with Crippen molar-refractivity contribution in [2.75, 3.05) is 24.6 Å².